The zero-order chi connectivity index (χ0) is 23.1. The van der Waals surface area contributed by atoms with Crippen molar-refractivity contribution in [3.05, 3.63) is 88.7 Å². The van der Waals surface area contributed by atoms with Crippen molar-refractivity contribution >= 4 is 34.8 Å². The van der Waals surface area contributed by atoms with Gasteiger partial charge in [-0.1, -0.05) is 23.7 Å². The van der Waals surface area contributed by atoms with Crippen LogP contribution in [0.2, 0.25) is 5.02 Å². The second kappa shape index (κ2) is 10.5. The highest BCUT2D eigenvalue weighted by Gasteiger charge is 2.16. The van der Waals surface area contributed by atoms with Crippen molar-refractivity contribution in [1.29, 1.82) is 0 Å². The van der Waals surface area contributed by atoms with Gasteiger partial charge in [0.1, 0.15) is 5.75 Å². The summed E-state index contributed by atoms with van der Waals surface area (Å²) in [7, 11) is 0. The highest BCUT2D eigenvalue weighted by molar-refractivity contribution is 6.30. The molecule has 0 spiro atoms. The zero-order valence-corrected chi connectivity index (χ0v) is 18.7. The number of benzene rings is 2. The first kappa shape index (κ1) is 23.0. The van der Waals surface area contributed by atoms with E-state index in [9.17, 15) is 9.59 Å². The molecule has 7 nitrogen and oxygen atoms in total. The molecule has 0 aliphatic carbocycles. The molecule has 0 radical (unpaired) electrons. The molecule has 2 aromatic carbocycles. The van der Waals surface area contributed by atoms with E-state index in [1.807, 2.05) is 19.1 Å². The molecule has 8 heteroatoms. The van der Waals surface area contributed by atoms with E-state index in [4.69, 9.17) is 16.3 Å². The number of rotatable bonds is 7. The smallest absolute Gasteiger partial charge is 0.271 e. The number of hydrogen-bond donors (Lipinski definition) is 2. The van der Waals surface area contributed by atoms with E-state index < -0.39 is 6.10 Å². The Morgan fingerprint density at radius 3 is 2.38 bits per heavy atom. The monoisotopic (exact) mass is 450 g/mol. The Morgan fingerprint density at radius 2 is 1.72 bits per heavy atom. The molecule has 1 atom stereocenters. The molecule has 0 aliphatic heterocycles. The van der Waals surface area contributed by atoms with Crippen LogP contribution in [0.4, 0.5) is 5.69 Å². The third-order valence-electron chi connectivity index (χ3n) is 4.65. The molecular weight excluding hydrogens is 428 g/mol. The first-order chi connectivity index (χ1) is 15.3. The summed E-state index contributed by atoms with van der Waals surface area (Å²) in [6, 6.07) is 15.6. The van der Waals surface area contributed by atoms with Gasteiger partial charge in [-0.3, -0.25) is 14.6 Å². The van der Waals surface area contributed by atoms with Gasteiger partial charge in [0.25, 0.3) is 11.8 Å². The van der Waals surface area contributed by atoms with Crippen molar-refractivity contribution in [2.45, 2.75) is 26.9 Å². The van der Waals surface area contributed by atoms with Crippen LogP contribution < -0.4 is 15.5 Å². The van der Waals surface area contributed by atoms with Crippen LogP contribution in [0.1, 0.15) is 35.3 Å². The number of nitrogens with one attached hydrogen (secondary N) is 2. The standard InChI is InChI=1S/C24H23ClN4O3/c1-15-14-20(25)6-9-22(15)32-17(3)23(30)27-21-7-4-18(5-8-21)16(2)28-29-24(31)19-10-12-26-13-11-19/h4-14,17H,1-3H3,(H,27,30)(H,29,31)/b28-16+/t17-/m1/s1. The van der Waals surface area contributed by atoms with Gasteiger partial charge < -0.3 is 10.1 Å². The minimum atomic E-state index is -0.693. The van der Waals surface area contributed by atoms with Crippen molar-refractivity contribution in [2.75, 3.05) is 5.32 Å². The van der Waals surface area contributed by atoms with Crippen LogP contribution in [0.15, 0.2) is 72.1 Å². The number of hydrogen-bond acceptors (Lipinski definition) is 5. The first-order valence-electron chi connectivity index (χ1n) is 9.92. The fraction of sp³-hybridized carbons (Fsp3) is 0.167. The Labute approximate surface area is 191 Å². The quantitative estimate of drug-likeness (QED) is 0.406. The van der Waals surface area contributed by atoms with Gasteiger partial charge in [0.15, 0.2) is 6.10 Å². The van der Waals surface area contributed by atoms with Crippen LogP contribution in [-0.2, 0) is 4.79 Å². The fourth-order valence-electron chi connectivity index (χ4n) is 2.79. The fourth-order valence-corrected chi connectivity index (χ4v) is 3.02. The number of nitrogens with zero attached hydrogens (tertiary/aromatic N) is 2. The summed E-state index contributed by atoms with van der Waals surface area (Å²) in [6.45, 7) is 5.33. The van der Waals surface area contributed by atoms with Gasteiger partial charge in [-0.2, -0.15) is 5.10 Å². The van der Waals surface area contributed by atoms with Crippen LogP contribution in [0.25, 0.3) is 0 Å². The molecule has 0 saturated heterocycles. The van der Waals surface area contributed by atoms with Gasteiger partial charge in [-0.15, -0.1) is 0 Å². The average molecular weight is 451 g/mol. The summed E-state index contributed by atoms with van der Waals surface area (Å²) in [5.41, 5.74) is 5.89. The number of carbonyl (C=O) groups excluding carboxylic acids is 2. The average Bonchev–Trinajstić information content (AvgIpc) is 2.80. The molecule has 1 aromatic heterocycles. The molecular formula is C24H23ClN4O3. The van der Waals surface area contributed by atoms with Gasteiger partial charge in [0.05, 0.1) is 5.71 Å². The lowest BCUT2D eigenvalue weighted by Crippen LogP contribution is -2.30. The third kappa shape index (κ3) is 6.15. The normalized spacial score (nSPS) is 12.1. The van der Waals surface area contributed by atoms with Crippen molar-refractivity contribution in [2.24, 2.45) is 5.10 Å². The molecule has 3 rings (SSSR count). The largest absolute Gasteiger partial charge is 0.481 e. The summed E-state index contributed by atoms with van der Waals surface area (Å²) in [4.78, 5) is 28.4. The number of aryl methyl sites for hydroxylation is 1. The highest BCUT2D eigenvalue weighted by atomic mass is 35.5. The predicted molar refractivity (Wildman–Crippen MR) is 125 cm³/mol. The van der Waals surface area contributed by atoms with Crippen molar-refractivity contribution in [1.82, 2.24) is 10.4 Å². The summed E-state index contributed by atoms with van der Waals surface area (Å²) >= 11 is 5.96. The Balaban J connectivity index is 1.57. The van der Waals surface area contributed by atoms with Crippen LogP contribution in [0.5, 0.6) is 5.75 Å². The molecule has 0 fully saturated rings. The maximum atomic E-state index is 12.5. The van der Waals surface area contributed by atoms with Crippen molar-refractivity contribution < 1.29 is 14.3 Å². The second-order valence-electron chi connectivity index (χ2n) is 7.11. The van der Waals surface area contributed by atoms with E-state index in [-0.39, 0.29) is 11.8 Å². The number of ether oxygens (including phenoxy) is 1. The minimum absolute atomic E-state index is 0.276. The van der Waals surface area contributed by atoms with Gasteiger partial charge in [-0.05, 0) is 74.4 Å². The zero-order valence-electron chi connectivity index (χ0n) is 17.9. The molecule has 0 unspecified atom stereocenters. The molecule has 2 amide bonds. The number of carbonyl (C=O) groups is 2. The van der Waals surface area contributed by atoms with Crippen LogP contribution in [0.3, 0.4) is 0 Å². The first-order valence-corrected chi connectivity index (χ1v) is 10.3. The molecule has 0 aliphatic rings. The molecule has 32 heavy (non-hydrogen) atoms. The summed E-state index contributed by atoms with van der Waals surface area (Å²) < 4.78 is 5.75. The number of hydrazone groups is 1. The van der Waals surface area contributed by atoms with Gasteiger partial charge >= 0.3 is 0 Å². The lowest BCUT2D eigenvalue weighted by Gasteiger charge is -2.16. The van der Waals surface area contributed by atoms with Crippen LogP contribution in [0, 0.1) is 6.92 Å². The Hall–Kier alpha value is -3.71. The second-order valence-corrected chi connectivity index (χ2v) is 7.55. The van der Waals surface area contributed by atoms with E-state index in [1.165, 1.54) is 0 Å². The molecule has 0 bridgehead atoms. The predicted octanol–water partition coefficient (Wildman–Crippen LogP) is 4.60. The Kier molecular flexibility index (Phi) is 7.57. The van der Waals surface area contributed by atoms with Crippen LogP contribution >= 0.6 is 11.6 Å². The Bertz CT molecular complexity index is 1130. The lowest BCUT2D eigenvalue weighted by molar-refractivity contribution is -0.122. The maximum absolute atomic E-state index is 12.5. The molecule has 1 heterocycles. The summed E-state index contributed by atoms with van der Waals surface area (Å²) in [5.74, 6) is 0.00990. The molecule has 2 N–H and O–H groups in total. The van der Waals surface area contributed by atoms with E-state index in [0.717, 1.165) is 11.1 Å². The van der Waals surface area contributed by atoms with E-state index >= 15 is 0 Å². The minimum Gasteiger partial charge on any atom is -0.481 e. The maximum Gasteiger partial charge on any atom is 0.271 e. The Morgan fingerprint density at radius 1 is 1.03 bits per heavy atom. The molecule has 0 saturated carbocycles. The summed E-state index contributed by atoms with van der Waals surface area (Å²) in [6.07, 6.45) is 2.39. The van der Waals surface area contributed by atoms with Crippen molar-refractivity contribution in [3.63, 3.8) is 0 Å². The number of halogens is 1. The number of pyridine rings is 1. The third-order valence-corrected chi connectivity index (χ3v) is 4.88. The van der Waals surface area contributed by atoms with E-state index in [1.54, 1.807) is 68.7 Å². The number of aromatic nitrogens is 1. The number of amides is 2. The molecule has 164 valence electrons. The lowest BCUT2D eigenvalue weighted by atomic mass is 10.1. The van der Waals surface area contributed by atoms with Gasteiger partial charge in [0, 0.05) is 28.7 Å². The van der Waals surface area contributed by atoms with Crippen LogP contribution in [-0.4, -0.2) is 28.6 Å². The highest BCUT2D eigenvalue weighted by Crippen LogP contribution is 2.23. The SMILES string of the molecule is C/C(=N\NC(=O)c1ccncc1)c1ccc(NC(=O)[C@@H](C)Oc2ccc(Cl)cc2C)cc1. The van der Waals surface area contributed by atoms with Crippen molar-refractivity contribution in [3.8, 4) is 5.75 Å². The number of anilines is 1. The topological polar surface area (TPSA) is 92.7 Å². The van der Waals surface area contributed by atoms with E-state index in [0.29, 0.717) is 27.7 Å². The molecule has 3 aromatic rings. The van der Waals surface area contributed by atoms with Gasteiger partial charge in [0.2, 0.25) is 0 Å². The summed E-state index contributed by atoms with van der Waals surface area (Å²) in [5, 5.41) is 7.57. The van der Waals surface area contributed by atoms with Gasteiger partial charge in [-0.25, -0.2) is 5.43 Å². The van der Waals surface area contributed by atoms with E-state index in [2.05, 4.69) is 20.8 Å².